The molecule has 0 aromatic carbocycles. The van der Waals surface area contributed by atoms with Crippen LogP contribution in [0.3, 0.4) is 0 Å². The highest BCUT2D eigenvalue weighted by molar-refractivity contribution is 5.74. The molecule has 0 radical (unpaired) electrons. The van der Waals surface area contributed by atoms with Crippen LogP contribution in [-0.4, -0.2) is 37.9 Å². The van der Waals surface area contributed by atoms with Gasteiger partial charge in [-0.15, -0.1) is 0 Å². The van der Waals surface area contributed by atoms with E-state index in [0.717, 1.165) is 6.92 Å². The molecular formula is C12H21F3N2O3. The van der Waals surface area contributed by atoms with Gasteiger partial charge in [0, 0.05) is 6.54 Å². The molecule has 2 amide bonds. The zero-order valence-corrected chi connectivity index (χ0v) is 11.8. The van der Waals surface area contributed by atoms with Crippen LogP contribution < -0.4 is 10.6 Å². The van der Waals surface area contributed by atoms with Gasteiger partial charge in [0.2, 0.25) is 0 Å². The number of esters is 1. The molecule has 5 nitrogen and oxygen atoms in total. The number of carbonyl (C=O) groups is 2. The summed E-state index contributed by atoms with van der Waals surface area (Å²) < 4.78 is 41.4. The lowest BCUT2D eigenvalue weighted by molar-refractivity contribution is -0.167. The standard InChI is InChI=1S/C12H21F3N2O3/c1-4-8(2)10(18)20-6-5-16-11(19)17-7-9(3)12(13,14)15/h8-9H,4-7H2,1-3H3,(H2,16,17,19). The Morgan fingerprint density at radius 2 is 1.80 bits per heavy atom. The summed E-state index contributed by atoms with van der Waals surface area (Å²) in [5.74, 6) is -2.19. The fourth-order valence-electron chi connectivity index (χ4n) is 1.05. The monoisotopic (exact) mass is 298 g/mol. The largest absolute Gasteiger partial charge is 0.464 e. The van der Waals surface area contributed by atoms with Gasteiger partial charge in [-0.05, 0) is 6.42 Å². The molecule has 0 aromatic rings. The number of urea groups is 1. The van der Waals surface area contributed by atoms with Crippen molar-refractivity contribution < 1.29 is 27.5 Å². The minimum Gasteiger partial charge on any atom is -0.464 e. The van der Waals surface area contributed by atoms with Gasteiger partial charge in [-0.1, -0.05) is 20.8 Å². The predicted octanol–water partition coefficient (Wildman–Crippen LogP) is 2.07. The van der Waals surface area contributed by atoms with E-state index in [9.17, 15) is 22.8 Å². The summed E-state index contributed by atoms with van der Waals surface area (Å²) in [6, 6.07) is -0.722. The molecule has 0 heterocycles. The fraction of sp³-hybridized carbons (Fsp3) is 0.833. The van der Waals surface area contributed by atoms with Crippen LogP contribution in [0.15, 0.2) is 0 Å². The molecule has 0 fully saturated rings. The second kappa shape index (κ2) is 8.65. The normalized spacial score (nSPS) is 14.3. The first kappa shape index (κ1) is 18.5. The van der Waals surface area contributed by atoms with E-state index in [-0.39, 0.29) is 25.0 Å². The molecule has 20 heavy (non-hydrogen) atoms. The van der Waals surface area contributed by atoms with Crippen LogP contribution in [-0.2, 0) is 9.53 Å². The summed E-state index contributed by atoms with van der Waals surface area (Å²) in [5, 5.41) is 4.41. The van der Waals surface area contributed by atoms with Crippen molar-refractivity contribution >= 4 is 12.0 Å². The lowest BCUT2D eigenvalue weighted by Crippen LogP contribution is -2.42. The summed E-state index contributed by atoms with van der Waals surface area (Å²) >= 11 is 0. The Morgan fingerprint density at radius 1 is 1.20 bits per heavy atom. The summed E-state index contributed by atoms with van der Waals surface area (Å²) in [6.45, 7) is 4.09. The van der Waals surface area contributed by atoms with E-state index in [1.54, 1.807) is 6.92 Å². The third-order valence-electron chi connectivity index (χ3n) is 2.77. The lowest BCUT2D eigenvalue weighted by Gasteiger charge is -2.16. The average Bonchev–Trinajstić information content (AvgIpc) is 2.38. The molecular weight excluding hydrogens is 277 g/mol. The van der Waals surface area contributed by atoms with Gasteiger partial charge in [-0.3, -0.25) is 4.79 Å². The Bertz CT molecular complexity index is 322. The Morgan fingerprint density at radius 3 is 2.30 bits per heavy atom. The van der Waals surface area contributed by atoms with E-state index in [1.165, 1.54) is 0 Å². The zero-order chi connectivity index (χ0) is 15.8. The van der Waals surface area contributed by atoms with Gasteiger partial charge in [0.25, 0.3) is 0 Å². The number of ether oxygens (including phenoxy) is 1. The molecule has 0 aliphatic heterocycles. The number of hydrogen-bond acceptors (Lipinski definition) is 3. The van der Waals surface area contributed by atoms with Gasteiger partial charge < -0.3 is 15.4 Å². The Kier molecular flexibility index (Phi) is 8.02. The fourth-order valence-corrected chi connectivity index (χ4v) is 1.05. The van der Waals surface area contributed by atoms with Crippen molar-refractivity contribution in [1.29, 1.82) is 0 Å². The van der Waals surface area contributed by atoms with Crippen molar-refractivity contribution in [3.63, 3.8) is 0 Å². The predicted molar refractivity (Wildman–Crippen MR) is 67.0 cm³/mol. The van der Waals surface area contributed by atoms with Crippen molar-refractivity contribution in [3.05, 3.63) is 0 Å². The third-order valence-corrected chi connectivity index (χ3v) is 2.77. The van der Waals surface area contributed by atoms with Gasteiger partial charge >= 0.3 is 18.2 Å². The highest BCUT2D eigenvalue weighted by Gasteiger charge is 2.35. The van der Waals surface area contributed by atoms with Crippen molar-refractivity contribution in [2.45, 2.75) is 33.4 Å². The van der Waals surface area contributed by atoms with Crippen molar-refractivity contribution in [1.82, 2.24) is 10.6 Å². The number of nitrogens with one attached hydrogen (secondary N) is 2. The van der Waals surface area contributed by atoms with E-state index in [2.05, 4.69) is 10.6 Å². The summed E-state index contributed by atoms with van der Waals surface area (Å²) in [4.78, 5) is 22.4. The van der Waals surface area contributed by atoms with E-state index in [1.807, 2.05) is 6.92 Å². The first-order chi connectivity index (χ1) is 9.18. The molecule has 2 N–H and O–H groups in total. The molecule has 118 valence electrons. The molecule has 2 atom stereocenters. The maximum atomic E-state index is 12.2. The molecule has 2 unspecified atom stereocenters. The molecule has 8 heteroatoms. The second-order valence-electron chi connectivity index (χ2n) is 4.56. The van der Waals surface area contributed by atoms with Crippen molar-refractivity contribution in [3.8, 4) is 0 Å². The Labute approximate surface area is 116 Å². The summed E-state index contributed by atoms with van der Waals surface area (Å²) in [7, 11) is 0. The maximum absolute atomic E-state index is 12.2. The topological polar surface area (TPSA) is 67.4 Å². The smallest absolute Gasteiger partial charge is 0.393 e. The molecule has 0 aromatic heterocycles. The van der Waals surface area contributed by atoms with Crippen molar-refractivity contribution in [2.24, 2.45) is 11.8 Å². The minimum absolute atomic E-state index is 0.00851. The van der Waals surface area contributed by atoms with Crippen LogP contribution in [0.5, 0.6) is 0 Å². The van der Waals surface area contributed by atoms with Crippen LogP contribution in [0.25, 0.3) is 0 Å². The Balaban J connectivity index is 3.72. The molecule has 0 spiro atoms. The van der Waals surface area contributed by atoms with Crippen LogP contribution in [0.1, 0.15) is 27.2 Å². The Hall–Kier alpha value is -1.47. The molecule has 0 bridgehead atoms. The van der Waals surface area contributed by atoms with Gasteiger partial charge in [-0.2, -0.15) is 13.2 Å². The number of halogens is 3. The summed E-state index contributed by atoms with van der Waals surface area (Å²) in [5.41, 5.74) is 0. The first-order valence-corrected chi connectivity index (χ1v) is 6.43. The maximum Gasteiger partial charge on any atom is 0.393 e. The van der Waals surface area contributed by atoms with Gasteiger partial charge in [0.15, 0.2) is 0 Å². The zero-order valence-electron chi connectivity index (χ0n) is 11.8. The highest BCUT2D eigenvalue weighted by atomic mass is 19.4. The molecule has 0 saturated heterocycles. The van der Waals surface area contributed by atoms with Crippen LogP contribution in [0.2, 0.25) is 0 Å². The summed E-state index contributed by atoms with van der Waals surface area (Å²) in [6.07, 6.45) is -3.68. The van der Waals surface area contributed by atoms with Crippen LogP contribution >= 0.6 is 0 Å². The minimum atomic E-state index is -4.33. The molecule has 0 saturated carbocycles. The van der Waals surface area contributed by atoms with Crippen LogP contribution in [0, 0.1) is 11.8 Å². The number of amides is 2. The lowest BCUT2D eigenvalue weighted by atomic mass is 10.1. The average molecular weight is 298 g/mol. The highest BCUT2D eigenvalue weighted by Crippen LogP contribution is 2.24. The third kappa shape index (κ3) is 7.85. The van der Waals surface area contributed by atoms with Gasteiger partial charge in [0.05, 0.1) is 18.4 Å². The molecule has 0 rings (SSSR count). The van der Waals surface area contributed by atoms with E-state index < -0.39 is 24.7 Å². The van der Waals surface area contributed by atoms with Crippen molar-refractivity contribution in [2.75, 3.05) is 19.7 Å². The quantitative estimate of drug-likeness (QED) is 0.558. The number of hydrogen-bond donors (Lipinski definition) is 2. The van der Waals surface area contributed by atoms with Crippen LogP contribution in [0.4, 0.5) is 18.0 Å². The molecule has 0 aliphatic carbocycles. The first-order valence-electron chi connectivity index (χ1n) is 6.43. The van der Waals surface area contributed by atoms with Gasteiger partial charge in [-0.25, -0.2) is 4.79 Å². The number of alkyl halides is 3. The molecule has 0 aliphatic rings. The number of carbonyl (C=O) groups excluding carboxylic acids is 2. The van der Waals surface area contributed by atoms with E-state index in [0.29, 0.717) is 6.42 Å². The van der Waals surface area contributed by atoms with Gasteiger partial charge in [0.1, 0.15) is 6.61 Å². The number of rotatable bonds is 7. The van der Waals surface area contributed by atoms with E-state index >= 15 is 0 Å². The SMILES string of the molecule is CCC(C)C(=O)OCCNC(=O)NCC(C)C(F)(F)F. The second-order valence-corrected chi connectivity index (χ2v) is 4.56. The van der Waals surface area contributed by atoms with E-state index in [4.69, 9.17) is 4.74 Å².